The number of rotatable bonds is 4. The molecule has 6 heteroatoms. The summed E-state index contributed by atoms with van der Waals surface area (Å²) in [5.74, 6) is 0.635. The first-order chi connectivity index (χ1) is 9.58. The Labute approximate surface area is 118 Å². The first-order valence-electron chi connectivity index (χ1n) is 7.34. The first-order valence-corrected chi connectivity index (χ1v) is 7.34. The molecular formula is C14H22N4O2. The number of aromatic amines is 1. The molecule has 3 rings (SSSR count). The maximum absolute atomic E-state index is 12.3. The normalized spacial score (nSPS) is 26.1. The number of nitrogen functional groups attached to an aromatic ring is 1. The molecule has 4 N–H and O–H groups in total. The Morgan fingerprint density at radius 2 is 2.20 bits per heavy atom. The van der Waals surface area contributed by atoms with Crippen LogP contribution in [0.15, 0.2) is 0 Å². The maximum Gasteiger partial charge on any atom is 0.274 e. The van der Waals surface area contributed by atoms with Gasteiger partial charge in [0, 0.05) is 6.61 Å². The van der Waals surface area contributed by atoms with Crippen LogP contribution in [0.3, 0.4) is 0 Å². The fourth-order valence-corrected chi connectivity index (χ4v) is 2.87. The van der Waals surface area contributed by atoms with Gasteiger partial charge in [-0.2, -0.15) is 5.10 Å². The Morgan fingerprint density at radius 1 is 1.45 bits per heavy atom. The molecule has 1 amide bonds. The van der Waals surface area contributed by atoms with E-state index in [1.807, 2.05) is 13.8 Å². The highest BCUT2D eigenvalue weighted by molar-refractivity contribution is 5.97. The van der Waals surface area contributed by atoms with Crippen LogP contribution >= 0.6 is 0 Å². The standard InChI is InChI=1S/C14H22N4O2/c1-7(2)11-10(15)12(18-17-11)14(19)16-9-5-6-20-13(9)8-3-4-8/h7-9,13H,3-6,15H2,1-2H3,(H,16,19)(H,17,18). The van der Waals surface area contributed by atoms with Gasteiger partial charge in [0.25, 0.3) is 5.91 Å². The number of nitrogens with zero attached hydrogens (tertiary/aromatic N) is 1. The van der Waals surface area contributed by atoms with Crippen molar-refractivity contribution in [3.05, 3.63) is 11.4 Å². The van der Waals surface area contributed by atoms with Crippen molar-refractivity contribution in [2.75, 3.05) is 12.3 Å². The van der Waals surface area contributed by atoms with Gasteiger partial charge < -0.3 is 15.8 Å². The summed E-state index contributed by atoms with van der Waals surface area (Å²) in [5.41, 5.74) is 7.58. The third-order valence-electron chi connectivity index (χ3n) is 4.16. The molecule has 2 aliphatic rings. The molecule has 1 aliphatic carbocycles. The summed E-state index contributed by atoms with van der Waals surface area (Å²) in [6.45, 7) is 4.75. The van der Waals surface area contributed by atoms with E-state index < -0.39 is 0 Å². The third kappa shape index (κ3) is 2.40. The van der Waals surface area contributed by atoms with E-state index in [4.69, 9.17) is 10.5 Å². The quantitative estimate of drug-likeness (QED) is 0.776. The van der Waals surface area contributed by atoms with Crippen molar-refractivity contribution in [3.8, 4) is 0 Å². The molecule has 6 nitrogen and oxygen atoms in total. The van der Waals surface area contributed by atoms with E-state index >= 15 is 0 Å². The largest absolute Gasteiger partial charge is 0.395 e. The number of amides is 1. The van der Waals surface area contributed by atoms with Gasteiger partial charge in [-0.25, -0.2) is 0 Å². The number of nitrogens with one attached hydrogen (secondary N) is 2. The van der Waals surface area contributed by atoms with Gasteiger partial charge in [-0.1, -0.05) is 13.8 Å². The van der Waals surface area contributed by atoms with Crippen molar-refractivity contribution in [1.29, 1.82) is 0 Å². The molecule has 1 aliphatic heterocycles. The minimum absolute atomic E-state index is 0.0913. The van der Waals surface area contributed by atoms with Crippen LogP contribution in [-0.2, 0) is 4.74 Å². The van der Waals surface area contributed by atoms with Crippen LogP contribution in [-0.4, -0.2) is 34.9 Å². The molecule has 2 heterocycles. The van der Waals surface area contributed by atoms with Crippen molar-refractivity contribution in [2.45, 2.75) is 51.2 Å². The van der Waals surface area contributed by atoms with E-state index in [0.29, 0.717) is 17.3 Å². The molecule has 1 saturated heterocycles. The smallest absolute Gasteiger partial charge is 0.274 e. The highest BCUT2D eigenvalue weighted by atomic mass is 16.5. The topological polar surface area (TPSA) is 93.0 Å². The van der Waals surface area contributed by atoms with Crippen LogP contribution in [0.25, 0.3) is 0 Å². The van der Waals surface area contributed by atoms with Gasteiger partial charge in [0.15, 0.2) is 5.69 Å². The van der Waals surface area contributed by atoms with E-state index in [2.05, 4.69) is 15.5 Å². The molecule has 1 saturated carbocycles. The summed E-state index contributed by atoms with van der Waals surface area (Å²) in [5, 5.41) is 9.95. The molecule has 2 unspecified atom stereocenters. The summed E-state index contributed by atoms with van der Waals surface area (Å²) in [7, 11) is 0. The zero-order chi connectivity index (χ0) is 14.3. The second-order valence-electron chi connectivity index (χ2n) is 6.10. The summed E-state index contributed by atoms with van der Waals surface area (Å²) < 4.78 is 5.73. The van der Waals surface area contributed by atoms with Crippen molar-refractivity contribution in [2.24, 2.45) is 5.92 Å². The molecule has 20 heavy (non-hydrogen) atoms. The Hall–Kier alpha value is -1.56. The minimum Gasteiger partial charge on any atom is -0.395 e. The van der Waals surface area contributed by atoms with E-state index in [9.17, 15) is 4.79 Å². The summed E-state index contributed by atoms with van der Waals surface area (Å²) in [4.78, 5) is 12.3. The van der Waals surface area contributed by atoms with E-state index in [1.165, 1.54) is 12.8 Å². The predicted octanol–water partition coefficient (Wildman–Crippen LogP) is 1.41. The molecular weight excluding hydrogens is 256 g/mol. The predicted molar refractivity (Wildman–Crippen MR) is 75.4 cm³/mol. The number of carbonyl (C=O) groups excluding carboxylic acids is 1. The number of nitrogens with two attached hydrogens (primary N) is 1. The van der Waals surface area contributed by atoms with E-state index in [0.717, 1.165) is 18.7 Å². The molecule has 2 atom stereocenters. The number of hydrogen-bond donors (Lipinski definition) is 3. The van der Waals surface area contributed by atoms with Gasteiger partial charge in [0.1, 0.15) is 0 Å². The van der Waals surface area contributed by atoms with Crippen LogP contribution in [0.5, 0.6) is 0 Å². The molecule has 1 aromatic heterocycles. The van der Waals surface area contributed by atoms with Crippen LogP contribution < -0.4 is 11.1 Å². The second-order valence-corrected chi connectivity index (χ2v) is 6.10. The lowest BCUT2D eigenvalue weighted by molar-refractivity contribution is 0.0727. The summed E-state index contributed by atoms with van der Waals surface area (Å²) in [6.07, 6.45) is 3.45. The number of hydrogen-bond acceptors (Lipinski definition) is 4. The molecule has 0 radical (unpaired) electrons. The number of ether oxygens (including phenoxy) is 1. The first kappa shape index (κ1) is 13.4. The molecule has 0 aromatic carbocycles. The van der Waals surface area contributed by atoms with Crippen molar-refractivity contribution >= 4 is 11.6 Å². The average molecular weight is 278 g/mol. The fraction of sp³-hybridized carbons (Fsp3) is 0.714. The fourth-order valence-electron chi connectivity index (χ4n) is 2.87. The lowest BCUT2D eigenvalue weighted by atomic mass is 10.1. The highest BCUT2D eigenvalue weighted by Crippen LogP contribution is 2.38. The van der Waals surface area contributed by atoms with Gasteiger partial charge in [-0.05, 0) is 31.1 Å². The van der Waals surface area contributed by atoms with Crippen LogP contribution in [0.4, 0.5) is 5.69 Å². The van der Waals surface area contributed by atoms with Gasteiger partial charge in [-0.3, -0.25) is 9.89 Å². The van der Waals surface area contributed by atoms with Gasteiger partial charge in [0.2, 0.25) is 0 Å². The zero-order valence-electron chi connectivity index (χ0n) is 12.0. The van der Waals surface area contributed by atoms with Crippen molar-refractivity contribution in [1.82, 2.24) is 15.5 Å². The summed E-state index contributed by atoms with van der Waals surface area (Å²) >= 11 is 0. The minimum atomic E-state index is -0.202. The maximum atomic E-state index is 12.3. The lowest BCUT2D eigenvalue weighted by Crippen LogP contribution is -2.41. The van der Waals surface area contributed by atoms with Crippen LogP contribution in [0, 0.1) is 5.92 Å². The van der Waals surface area contributed by atoms with Crippen LogP contribution in [0.1, 0.15) is 55.2 Å². The van der Waals surface area contributed by atoms with Gasteiger partial charge in [0.05, 0.1) is 23.5 Å². The molecule has 1 aromatic rings. The number of carbonyl (C=O) groups is 1. The monoisotopic (exact) mass is 278 g/mol. The molecule has 110 valence electrons. The Balaban J connectivity index is 1.69. The van der Waals surface area contributed by atoms with Gasteiger partial charge in [-0.15, -0.1) is 0 Å². The zero-order valence-corrected chi connectivity index (χ0v) is 12.0. The SMILES string of the molecule is CC(C)c1[nH]nc(C(=O)NC2CCOC2C2CC2)c1N. The van der Waals surface area contributed by atoms with Gasteiger partial charge >= 0.3 is 0 Å². The third-order valence-corrected chi connectivity index (χ3v) is 4.16. The molecule has 0 spiro atoms. The Kier molecular flexibility index (Phi) is 3.41. The Bertz CT molecular complexity index is 507. The van der Waals surface area contributed by atoms with E-state index in [1.54, 1.807) is 0 Å². The number of H-pyrrole nitrogens is 1. The average Bonchev–Trinajstić information content (AvgIpc) is 3.01. The molecule has 0 bridgehead atoms. The number of anilines is 1. The molecule has 2 fully saturated rings. The number of aromatic nitrogens is 2. The lowest BCUT2D eigenvalue weighted by Gasteiger charge is -2.19. The van der Waals surface area contributed by atoms with Crippen LogP contribution in [0.2, 0.25) is 0 Å². The summed E-state index contributed by atoms with van der Waals surface area (Å²) in [6, 6.07) is 0.0913. The Morgan fingerprint density at radius 3 is 2.80 bits per heavy atom. The van der Waals surface area contributed by atoms with Crippen molar-refractivity contribution in [3.63, 3.8) is 0 Å². The second kappa shape index (κ2) is 5.09. The van der Waals surface area contributed by atoms with Crippen molar-refractivity contribution < 1.29 is 9.53 Å². The van der Waals surface area contributed by atoms with E-state index in [-0.39, 0.29) is 24.0 Å². The highest BCUT2D eigenvalue weighted by Gasteiger charge is 2.41.